The van der Waals surface area contributed by atoms with Crippen molar-refractivity contribution in [3.8, 4) is 0 Å². The second-order valence-corrected chi connectivity index (χ2v) is 11.0. The van der Waals surface area contributed by atoms with E-state index in [2.05, 4.69) is 10.6 Å². The summed E-state index contributed by atoms with van der Waals surface area (Å²) in [7, 11) is 0. The summed E-state index contributed by atoms with van der Waals surface area (Å²) < 4.78 is 0. The first-order valence-corrected chi connectivity index (χ1v) is 12.6. The van der Waals surface area contributed by atoms with Crippen molar-refractivity contribution in [3.05, 3.63) is 70.7 Å². The third-order valence-corrected chi connectivity index (χ3v) is 7.31. The summed E-state index contributed by atoms with van der Waals surface area (Å²) in [5, 5.41) is 17.8. The molecule has 7 nitrogen and oxygen atoms in total. The molecule has 1 heterocycles. The molecular formula is C28H36ClN3O4. The van der Waals surface area contributed by atoms with Crippen molar-refractivity contribution in [1.29, 1.82) is 0 Å². The highest BCUT2D eigenvalue weighted by Crippen LogP contribution is 2.46. The minimum Gasteiger partial charge on any atom is -0.384 e. The Balaban J connectivity index is 1.79. The van der Waals surface area contributed by atoms with Crippen LogP contribution in [0, 0.1) is 11.3 Å². The van der Waals surface area contributed by atoms with Gasteiger partial charge in [0.2, 0.25) is 17.7 Å². The number of aliphatic hydroxyl groups is 1. The van der Waals surface area contributed by atoms with Crippen molar-refractivity contribution in [2.24, 2.45) is 11.3 Å². The standard InChI is InChI=1S/C28H36ClN3O4/c1-18(2)23(31-25(34)24(30-19(3)33)20-9-7-6-8-10-20)26(35)32-16-15-28(36,27(4,5)17-32)21-11-13-22(29)14-12-21/h6-14,18,23-24,36H,15-17H2,1-5H3,(H,30,33)(H,31,34). The Labute approximate surface area is 218 Å². The Morgan fingerprint density at radius 2 is 1.61 bits per heavy atom. The molecule has 3 amide bonds. The van der Waals surface area contributed by atoms with Gasteiger partial charge in [0.05, 0.1) is 5.60 Å². The van der Waals surface area contributed by atoms with Gasteiger partial charge in [-0.3, -0.25) is 14.4 Å². The van der Waals surface area contributed by atoms with Gasteiger partial charge in [0.1, 0.15) is 12.1 Å². The number of hydrogen-bond donors (Lipinski definition) is 3. The number of carbonyl (C=O) groups is 3. The van der Waals surface area contributed by atoms with Gasteiger partial charge in [-0.15, -0.1) is 0 Å². The predicted molar refractivity (Wildman–Crippen MR) is 140 cm³/mol. The molecule has 1 aliphatic heterocycles. The van der Waals surface area contributed by atoms with Crippen LogP contribution in [0.15, 0.2) is 54.6 Å². The summed E-state index contributed by atoms with van der Waals surface area (Å²) in [6, 6.07) is 14.4. The fourth-order valence-electron chi connectivity index (χ4n) is 4.87. The summed E-state index contributed by atoms with van der Waals surface area (Å²) in [5.74, 6) is -1.18. The molecule has 8 heteroatoms. The molecule has 1 aliphatic rings. The lowest BCUT2D eigenvalue weighted by molar-refractivity contribution is -0.156. The lowest BCUT2D eigenvalue weighted by Gasteiger charge is -2.51. The maximum Gasteiger partial charge on any atom is 0.247 e. The van der Waals surface area contributed by atoms with Crippen LogP contribution in [0.25, 0.3) is 0 Å². The van der Waals surface area contributed by atoms with Crippen LogP contribution in [0.3, 0.4) is 0 Å². The Hall–Kier alpha value is -2.90. The molecule has 0 radical (unpaired) electrons. The molecular weight excluding hydrogens is 478 g/mol. The zero-order valence-corrected chi connectivity index (χ0v) is 22.3. The molecule has 3 atom stereocenters. The van der Waals surface area contributed by atoms with Gasteiger partial charge in [0, 0.05) is 30.5 Å². The summed E-state index contributed by atoms with van der Waals surface area (Å²) >= 11 is 6.03. The van der Waals surface area contributed by atoms with Crippen molar-refractivity contribution in [2.75, 3.05) is 13.1 Å². The van der Waals surface area contributed by atoms with Crippen LogP contribution in [0.5, 0.6) is 0 Å². The average Bonchev–Trinajstić information content (AvgIpc) is 2.82. The lowest BCUT2D eigenvalue weighted by atomic mass is 9.66. The van der Waals surface area contributed by atoms with E-state index in [1.165, 1.54) is 6.92 Å². The molecule has 0 aromatic heterocycles. The largest absolute Gasteiger partial charge is 0.384 e. The van der Waals surface area contributed by atoms with Gasteiger partial charge < -0.3 is 20.6 Å². The van der Waals surface area contributed by atoms with E-state index in [4.69, 9.17) is 11.6 Å². The third kappa shape index (κ3) is 5.90. The van der Waals surface area contributed by atoms with Gasteiger partial charge in [-0.2, -0.15) is 0 Å². The number of carbonyl (C=O) groups excluding carboxylic acids is 3. The zero-order chi connectivity index (χ0) is 26.7. The molecule has 0 bridgehead atoms. The number of nitrogens with one attached hydrogen (secondary N) is 2. The van der Waals surface area contributed by atoms with Gasteiger partial charge >= 0.3 is 0 Å². The number of benzene rings is 2. The van der Waals surface area contributed by atoms with Crippen molar-refractivity contribution >= 4 is 29.3 Å². The van der Waals surface area contributed by atoms with Crippen molar-refractivity contribution < 1.29 is 19.5 Å². The molecule has 1 fully saturated rings. The first-order valence-electron chi connectivity index (χ1n) is 12.3. The van der Waals surface area contributed by atoms with Gasteiger partial charge in [0.15, 0.2) is 0 Å². The lowest BCUT2D eigenvalue weighted by Crippen LogP contribution is -2.61. The number of likely N-dealkylation sites (tertiary alicyclic amines) is 1. The highest BCUT2D eigenvalue weighted by molar-refractivity contribution is 6.30. The fourth-order valence-corrected chi connectivity index (χ4v) is 4.99. The van der Waals surface area contributed by atoms with Crippen LogP contribution in [0.1, 0.15) is 58.2 Å². The topological polar surface area (TPSA) is 98.7 Å². The molecule has 1 saturated heterocycles. The van der Waals surface area contributed by atoms with Crippen molar-refractivity contribution in [1.82, 2.24) is 15.5 Å². The number of piperidine rings is 1. The Kier molecular flexibility index (Phi) is 8.47. The highest BCUT2D eigenvalue weighted by Gasteiger charge is 2.50. The molecule has 2 aromatic rings. The smallest absolute Gasteiger partial charge is 0.247 e. The van der Waals surface area contributed by atoms with Crippen LogP contribution in [0.4, 0.5) is 0 Å². The van der Waals surface area contributed by atoms with Gasteiger partial charge in [0.25, 0.3) is 0 Å². The number of nitrogens with zero attached hydrogens (tertiary/aromatic N) is 1. The number of rotatable bonds is 7. The Morgan fingerprint density at radius 3 is 2.14 bits per heavy atom. The molecule has 0 aliphatic carbocycles. The van der Waals surface area contributed by atoms with Gasteiger partial charge in [-0.1, -0.05) is 81.8 Å². The average molecular weight is 514 g/mol. The fraction of sp³-hybridized carbons (Fsp3) is 0.464. The van der Waals surface area contributed by atoms with E-state index < -0.39 is 29.0 Å². The maximum atomic E-state index is 13.7. The van der Waals surface area contributed by atoms with E-state index in [-0.39, 0.29) is 17.7 Å². The van der Waals surface area contributed by atoms with Crippen LogP contribution in [0.2, 0.25) is 5.02 Å². The highest BCUT2D eigenvalue weighted by atomic mass is 35.5. The molecule has 3 unspecified atom stereocenters. The molecule has 194 valence electrons. The molecule has 2 aromatic carbocycles. The van der Waals surface area contributed by atoms with E-state index in [1.54, 1.807) is 41.3 Å². The van der Waals surface area contributed by atoms with E-state index in [1.807, 2.05) is 45.9 Å². The SMILES string of the molecule is CC(=O)NC(C(=O)NC(C(=O)N1CCC(O)(c2ccc(Cl)cc2)C(C)(C)C1)C(C)C)c1ccccc1. The Bertz CT molecular complexity index is 1090. The van der Waals surface area contributed by atoms with Crippen LogP contribution >= 0.6 is 11.6 Å². The molecule has 3 N–H and O–H groups in total. The first-order chi connectivity index (χ1) is 16.9. The van der Waals surface area contributed by atoms with E-state index in [0.717, 1.165) is 5.56 Å². The van der Waals surface area contributed by atoms with Crippen molar-refractivity contribution in [2.45, 2.75) is 58.7 Å². The zero-order valence-electron chi connectivity index (χ0n) is 21.5. The second-order valence-electron chi connectivity index (χ2n) is 10.5. The molecule has 0 spiro atoms. The van der Waals surface area contributed by atoms with Crippen molar-refractivity contribution in [3.63, 3.8) is 0 Å². The minimum absolute atomic E-state index is 0.185. The Morgan fingerprint density at radius 1 is 1.00 bits per heavy atom. The van der Waals surface area contributed by atoms with Crippen LogP contribution in [-0.4, -0.2) is 46.9 Å². The molecule has 3 rings (SSSR count). The quantitative estimate of drug-likeness (QED) is 0.524. The number of halogens is 1. The summed E-state index contributed by atoms with van der Waals surface area (Å²) in [6.07, 6.45) is 0.352. The number of hydrogen-bond acceptors (Lipinski definition) is 4. The van der Waals surface area contributed by atoms with E-state index >= 15 is 0 Å². The van der Waals surface area contributed by atoms with Gasteiger partial charge in [-0.05, 0) is 35.6 Å². The third-order valence-electron chi connectivity index (χ3n) is 7.06. The first kappa shape index (κ1) is 27.7. The van der Waals surface area contributed by atoms with E-state index in [9.17, 15) is 19.5 Å². The number of amides is 3. The van der Waals surface area contributed by atoms with Crippen LogP contribution in [-0.2, 0) is 20.0 Å². The minimum atomic E-state index is -1.13. The van der Waals surface area contributed by atoms with E-state index in [0.29, 0.717) is 30.1 Å². The second kappa shape index (κ2) is 11.0. The summed E-state index contributed by atoms with van der Waals surface area (Å²) in [4.78, 5) is 40.5. The predicted octanol–water partition coefficient (Wildman–Crippen LogP) is 3.80. The monoisotopic (exact) mass is 513 g/mol. The summed E-state index contributed by atoms with van der Waals surface area (Å²) in [6.45, 7) is 9.63. The maximum absolute atomic E-state index is 13.7. The molecule has 36 heavy (non-hydrogen) atoms. The van der Waals surface area contributed by atoms with Gasteiger partial charge in [-0.25, -0.2) is 0 Å². The van der Waals surface area contributed by atoms with Crippen LogP contribution < -0.4 is 10.6 Å². The molecule has 0 saturated carbocycles. The normalized spacial score (nSPS) is 20.9. The summed E-state index contributed by atoms with van der Waals surface area (Å²) in [5.41, 5.74) is -0.386.